The standard InChI is InChI=1S/2C6H9N3O2.C6H14N2O2.C5H10N2O3/c2*7-5(6(10)11)1-4-2-8-3-9-4;7-4-2-1-3-5(8)6(9)10;6-3(5(9)10)1-2-4(7)8/h2*2-3,5H,1,7H2,(H,8,9)(H,10,11);5H,1-4,7-8H2,(H,9,10);3H,1-2,6H2,(H2,7,8)(H,9,10)/t3*5-;3-/m0000/s1. The van der Waals surface area contributed by atoms with E-state index in [9.17, 15) is 24.0 Å². The summed E-state index contributed by atoms with van der Waals surface area (Å²) in [6, 6.07) is -3.40. The van der Waals surface area contributed by atoms with Crippen molar-refractivity contribution in [2.24, 2.45) is 34.4 Å². The van der Waals surface area contributed by atoms with Gasteiger partial charge in [-0.2, -0.15) is 0 Å². The highest BCUT2D eigenvalue weighted by molar-refractivity contribution is 5.77. The number of nitrogens with one attached hydrogen (secondary N) is 2. The van der Waals surface area contributed by atoms with Crippen molar-refractivity contribution >= 4 is 29.8 Å². The van der Waals surface area contributed by atoms with Gasteiger partial charge in [-0.15, -0.1) is 0 Å². The molecule has 1 amide bonds. The Kier molecular flexibility index (Phi) is 22.0. The molecule has 0 saturated heterocycles. The van der Waals surface area contributed by atoms with Crippen LogP contribution in [0.5, 0.6) is 0 Å². The number of hydrogen-bond acceptors (Lipinski definition) is 12. The summed E-state index contributed by atoms with van der Waals surface area (Å²) in [5.74, 6) is -4.57. The zero-order valence-electron chi connectivity index (χ0n) is 23.0. The van der Waals surface area contributed by atoms with Gasteiger partial charge in [0.1, 0.15) is 24.2 Å². The third kappa shape index (κ3) is 22.4. The van der Waals surface area contributed by atoms with Gasteiger partial charge < -0.3 is 64.8 Å². The zero-order chi connectivity index (χ0) is 32.7. The number of nitrogens with zero attached hydrogens (tertiary/aromatic N) is 2. The van der Waals surface area contributed by atoms with Gasteiger partial charge in [0.15, 0.2) is 0 Å². The van der Waals surface area contributed by atoms with Crippen LogP contribution in [0.3, 0.4) is 0 Å². The molecular formula is C23H42N10O9. The lowest BCUT2D eigenvalue weighted by molar-refractivity contribution is -0.139. The number of carbonyl (C=O) groups is 5. The number of aromatic amines is 2. The molecule has 0 bridgehead atoms. The summed E-state index contributed by atoms with van der Waals surface area (Å²) in [4.78, 5) is 63.8. The first-order valence-electron chi connectivity index (χ1n) is 12.5. The van der Waals surface area contributed by atoms with Crippen LogP contribution in [-0.2, 0) is 36.8 Å². The lowest BCUT2D eigenvalue weighted by atomic mass is 10.1. The first-order valence-corrected chi connectivity index (χ1v) is 12.5. The number of carboxylic acids is 4. The Morgan fingerprint density at radius 2 is 1.05 bits per heavy atom. The van der Waals surface area contributed by atoms with Crippen molar-refractivity contribution < 1.29 is 44.4 Å². The maximum atomic E-state index is 10.3. The van der Waals surface area contributed by atoms with Crippen LogP contribution in [0.1, 0.15) is 43.5 Å². The van der Waals surface area contributed by atoms with Crippen molar-refractivity contribution in [1.82, 2.24) is 19.9 Å². The van der Waals surface area contributed by atoms with Crippen molar-refractivity contribution in [2.75, 3.05) is 6.54 Å². The van der Waals surface area contributed by atoms with Crippen LogP contribution in [0, 0.1) is 0 Å². The number of hydrogen-bond donors (Lipinski definition) is 12. The van der Waals surface area contributed by atoms with Gasteiger partial charge in [-0.25, -0.2) is 9.97 Å². The lowest BCUT2D eigenvalue weighted by Crippen LogP contribution is -2.32. The number of imidazole rings is 2. The molecular weight excluding hydrogens is 560 g/mol. The largest absolute Gasteiger partial charge is 0.480 e. The molecule has 18 N–H and O–H groups in total. The maximum Gasteiger partial charge on any atom is 0.320 e. The fourth-order valence-electron chi connectivity index (χ4n) is 2.49. The number of carboxylic acid groups (broad SMARTS) is 4. The number of aromatic nitrogens is 4. The highest BCUT2D eigenvalue weighted by Crippen LogP contribution is 1.98. The molecule has 42 heavy (non-hydrogen) atoms. The summed E-state index contributed by atoms with van der Waals surface area (Å²) >= 11 is 0. The molecule has 0 unspecified atom stereocenters. The van der Waals surface area contributed by atoms with Crippen LogP contribution in [0.15, 0.2) is 25.0 Å². The molecule has 4 atom stereocenters. The first-order chi connectivity index (χ1) is 19.6. The molecule has 0 aliphatic carbocycles. The van der Waals surface area contributed by atoms with Gasteiger partial charge in [-0.1, -0.05) is 6.42 Å². The number of aliphatic carboxylic acids is 4. The van der Waals surface area contributed by atoms with E-state index in [0.29, 0.717) is 13.0 Å². The van der Waals surface area contributed by atoms with Crippen molar-refractivity contribution in [3.8, 4) is 0 Å². The average Bonchev–Trinajstić information content (AvgIpc) is 3.62. The van der Waals surface area contributed by atoms with E-state index in [1.807, 2.05) is 0 Å². The summed E-state index contributed by atoms with van der Waals surface area (Å²) in [5, 5.41) is 33.4. The number of amides is 1. The lowest BCUT2D eigenvalue weighted by Gasteiger charge is -2.03. The van der Waals surface area contributed by atoms with Gasteiger partial charge in [-0.3, -0.25) is 24.0 Å². The molecule has 2 heterocycles. The van der Waals surface area contributed by atoms with Crippen molar-refractivity contribution in [3.63, 3.8) is 0 Å². The Morgan fingerprint density at radius 1 is 0.667 bits per heavy atom. The molecule has 19 nitrogen and oxygen atoms in total. The number of carbonyl (C=O) groups excluding carboxylic acids is 1. The monoisotopic (exact) mass is 602 g/mol. The number of nitrogens with two attached hydrogens (primary N) is 6. The van der Waals surface area contributed by atoms with Crippen LogP contribution < -0.4 is 34.4 Å². The van der Waals surface area contributed by atoms with E-state index >= 15 is 0 Å². The minimum absolute atomic E-state index is 0.0213. The van der Waals surface area contributed by atoms with Gasteiger partial charge in [0.25, 0.3) is 0 Å². The molecule has 0 aliphatic rings. The maximum absolute atomic E-state index is 10.3. The summed E-state index contributed by atoms with van der Waals surface area (Å²) in [6.07, 6.45) is 8.96. The number of rotatable bonds is 15. The second-order valence-corrected chi connectivity index (χ2v) is 8.63. The van der Waals surface area contributed by atoms with Crippen molar-refractivity contribution in [1.29, 1.82) is 0 Å². The molecule has 238 valence electrons. The smallest absolute Gasteiger partial charge is 0.320 e. The number of H-pyrrole nitrogens is 2. The zero-order valence-corrected chi connectivity index (χ0v) is 23.0. The molecule has 0 aromatic carbocycles. The fraction of sp³-hybridized carbons (Fsp3) is 0.522. The topological polar surface area (TPSA) is 380 Å². The van der Waals surface area contributed by atoms with Gasteiger partial charge in [-0.05, 0) is 25.8 Å². The highest BCUT2D eigenvalue weighted by atomic mass is 16.4. The molecule has 0 radical (unpaired) electrons. The quantitative estimate of drug-likeness (QED) is 0.0898. The van der Waals surface area contributed by atoms with E-state index in [-0.39, 0.29) is 25.7 Å². The van der Waals surface area contributed by atoms with E-state index in [1.54, 1.807) is 12.4 Å². The van der Waals surface area contributed by atoms with Crippen LogP contribution in [0.4, 0.5) is 0 Å². The normalized spacial score (nSPS) is 12.8. The Bertz CT molecular complexity index is 983. The average molecular weight is 603 g/mol. The number of primary amides is 1. The summed E-state index contributed by atoms with van der Waals surface area (Å²) in [7, 11) is 0. The molecule has 0 spiro atoms. The summed E-state index contributed by atoms with van der Waals surface area (Å²) < 4.78 is 0. The minimum atomic E-state index is -1.11. The molecule has 19 heteroatoms. The van der Waals surface area contributed by atoms with E-state index in [4.69, 9.17) is 54.8 Å². The fourth-order valence-corrected chi connectivity index (χ4v) is 2.49. The third-order valence-corrected chi connectivity index (χ3v) is 4.93. The van der Waals surface area contributed by atoms with E-state index in [0.717, 1.165) is 24.2 Å². The molecule has 2 aromatic rings. The Morgan fingerprint density at radius 3 is 1.33 bits per heavy atom. The van der Waals surface area contributed by atoms with Crippen molar-refractivity contribution in [2.45, 2.75) is 69.1 Å². The molecule has 0 saturated carbocycles. The molecule has 2 aromatic heterocycles. The molecule has 2 rings (SSSR count). The molecule has 0 fully saturated rings. The summed E-state index contributed by atoms with van der Waals surface area (Å²) in [6.45, 7) is 0.604. The van der Waals surface area contributed by atoms with Crippen LogP contribution in [0.25, 0.3) is 0 Å². The van der Waals surface area contributed by atoms with E-state index < -0.39 is 54.0 Å². The predicted octanol–water partition coefficient (Wildman–Crippen LogP) is -3.08. The SMILES string of the molecule is NC(=O)CC[C@H](N)C(=O)O.NCCCC[C@H](N)C(=O)O.N[C@@H](Cc1cnc[nH]1)C(=O)O.N[C@@H](Cc1cnc[nH]1)C(=O)O. The van der Waals surface area contributed by atoms with E-state index in [2.05, 4.69) is 19.9 Å². The second kappa shape index (κ2) is 23.3. The Hall–Kier alpha value is -4.43. The predicted molar refractivity (Wildman–Crippen MR) is 148 cm³/mol. The Labute approximate surface area is 241 Å². The first kappa shape index (κ1) is 39.7. The Balaban J connectivity index is 0. The minimum Gasteiger partial charge on any atom is -0.480 e. The summed E-state index contributed by atoms with van der Waals surface area (Å²) in [5.41, 5.74) is 32.2. The highest BCUT2D eigenvalue weighted by Gasteiger charge is 2.13. The van der Waals surface area contributed by atoms with Gasteiger partial charge in [0.05, 0.1) is 12.7 Å². The third-order valence-electron chi connectivity index (χ3n) is 4.93. The van der Waals surface area contributed by atoms with Crippen LogP contribution in [-0.4, -0.2) is 101 Å². The van der Waals surface area contributed by atoms with Gasteiger partial charge in [0, 0.05) is 43.0 Å². The van der Waals surface area contributed by atoms with Crippen LogP contribution >= 0.6 is 0 Å². The van der Waals surface area contributed by atoms with Crippen LogP contribution in [0.2, 0.25) is 0 Å². The molecule has 0 aliphatic heterocycles. The van der Waals surface area contributed by atoms with Crippen molar-refractivity contribution in [3.05, 3.63) is 36.4 Å². The second-order valence-electron chi connectivity index (χ2n) is 8.63. The van der Waals surface area contributed by atoms with Gasteiger partial charge >= 0.3 is 23.9 Å². The van der Waals surface area contributed by atoms with Gasteiger partial charge in [0.2, 0.25) is 5.91 Å². The van der Waals surface area contributed by atoms with E-state index in [1.165, 1.54) is 12.7 Å². The number of unbranched alkanes of at least 4 members (excludes halogenated alkanes) is 1.